The van der Waals surface area contributed by atoms with E-state index in [0.717, 1.165) is 36.2 Å². The smallest absolute Gasteiger partial charge is 0.0737 e. The van der Waals surface area contributed by atoms with Crippen LogP contribution in [0, 0.1) is 0 Å². The van der Waals surface area contributed by atoms with Gasteiger partial charge < -0.3 is 10.2 Å². The monoisotopic (exact) mass is 317 g/mol. The molecule has 0 aliphatic heterocycles. The fourth-order valence-electron chi connectivity index (χ4n) is 2.44. The second kappa shape index (κ2) is 8.16. The number of likely N-dealkylation sites (N-methyl/N-ethyl adjacent to an activating group) is 1. The molecule has 0 radical (unpaired) electrons. The normalized spacial score (nSPS) is 13.1. The standard InChI is InChI=1S/C18H24ClN3/c1-4-22(5-2)12-6-7-14(3)21-17-10-11-20-18-13-15(19)8-9-16(17)18/h6-11,13-14H,4-5,12H2,1-3H3,(H,20,21)/b7-6-/t14-/m0/s1. The SMILES string of the molecule is CCN(CC)C/C=C\[C@H](C)Nc1ccnc2cc(Cl)ccc12. The summed E-state index contributed by atoms with van der Waals surface area (Å²) in [6.07, 6.45) is 6.25. The number of rotatable bonds is 7. The van der Waals surface area contributed by atoms with E-state index in [1.165, 1.54) is 0 Å². The van der Waals surface area contributed by atoms with Crippen molar-refractivity contribution in [2.45, 2.75) is 26.8 Å². The third-order valence-corrected chi connectivity index (χ3v) is 4.01. The van der Waals surface area contributed by atoms with Gasteiger partial charge in [-0.3, -0.25) is 4.98 Å². The highest BCUT2D eigenvalue weighted by molar-refractivity contribution is 6.31. The molecular formula is C18H24ClN3. The van der Waals surface area contributed by atoms with Crippen LogP contribution in [0.15, 0.2) is 42.6 Å². The first-order valence-electron chi connectivity index (χ1n) is 7.83. The fourth-order valence-corrected chi connectivity index (χ4v) is 2.60. The minimum atomic E-state index is 0.261. The first kappa shape index (κ1) is 16.8. The predicted octanol–water partition coefficient (Wildman–Crippen LogP) is 4.59. The second-order valence-electron chi connectivity index (χ2n) is 5.37. The van der Waals surface area contributed by atoms with Gasteiger partial charge in [0.1, 0.15) is 0 Å². The van der Waals surface area contributed by atoms with Crippen molar-refractivity contribution in [2.24, 2.45) is 0 Å². The van der Waals surface area contributed by atoms with Gasteiger partial charge in [0.25, 0.3) is 0 Å². The number of hydrogen-bond acceptors (Lipinski definition) is 3. The summed E-state index contributed by atoms with van der Waals surface area (Å²) in [5.41, 5.74) is 2.00. The molecule has 1 aromatic heterocycles. The summed E-state index contributed by atoms with van der Waals surface area (Å²) < 4.78 is 0. The van der Waals surface area contributed by atoms with Gasteiger partial charge in [0, 0.05) is 34.9 Å². The van der Waals surface area contributed by atoms with Crippen LogP contribution in [-0.4, -0.2) is 35.6 Å². The second-order valence-corrected chi connectivity index (χ2v) is 5.80. The highest BCUT2D eigenvalue weighted by atomic mass is 35.5. The van der Waals surface area contributed by atoms with E-state index in [2.05, 4.69) is 48.1 Å². The molecule has 2 rings (SSSR count). The molecule has 0 amide bonds. The molecule has 1 aromatic carbocycles. The lowest BCUT2D eigenvalue weighted by molar-refractivity contribution is 0.337. The molecule has 0 spiro atoms. The number of aromatic nitrogens is 1. The molecule has 0 saturated carbocycles. The van der Waals surface area contributed by atoms with Gasteiger partial charge in [-0.15, -0.1) is 0 Å². The Hall–Kier alpha value is -1.58. The molecular weight excluding hydrogens is 294 g/mol. The van der Waals surface area contributed by atoms with Crippen LogP contribution >= 0.6 is 11.6 Å². The van der Waals surface area contributed by atoms with Crippen molar-refractivity contribution in [3.63, 3.8) is 0 Å². The number of hydrogen-bond donors (Lipinski definition) is 1. The molecule has 0 fully saturated rings. The first-order chi connectivity index (χ1) is 10.6. The van der Waals surface area contributed by atoms with Crippen LogP contribution < -0.4 is 5.32 Å². The van der Waals surface area contributed by atoms with Gasteiger partial charge >= 0.3 is 0 Å². The van der Waals surface area contributed by atoms with E-state index < -0.39 is 0 Å². The number of halogens is 1. The lowest BCUT2D eigenvalue weighted by Crippen LogP contribution is -2.23. The maximum atomic E-state index is 6.03. The summed E-state index contributed by atoms with van der Waals surface area (Å²) in [5.74, 6) is 0. The van der Waals surface area contributed by atoms with Crippen LogP contribution in [-0.2, 0) is 0 Å². The molecule has 1 atom stereocenters. The molecule has 0 saturated heterocycles. The number of benzene rings is 1. The van der Waals surface area contributed by atoms with Crippen molar-refractivity contribution >= 4 is 28.2 Å². The lowest BCUT2D eigenvalue weighted by Gasteiger charge is -2.16. The van der Waals surface area contributed by atoms with E-state index in [4.69, 9.17) is 11.6 Å². The van der Waals surface area contributed by atoms with Crippen LogP contribution in [0.25, 0.3) is 10.9 Å². The molecule has 0 unspecified atom stereocenters. The third-order valence-electron chi connectivity index (χ3n) is 3.77. The first-order valence-corrected chi connectivity index (χ1v) is 8.21. The van der Waals surface area contributed by atoms with Crippen LogP contribution in [0.2, 0.25) is 5.02 Å². The zero-order valence-corrected chi connectivity index (χ0v) is 14.3. The molecule has 0 aliphatic carbocycles. The summed E-state index contributed by atoms with van der Waals surface area (Å²) in [4.78, 5) is 6.75. The molecule has 22 heavy (non-hydrogen) atoms. The molecule has 0 bridgehead atoms. The maximum absolute atomic E-state index is 6.03. The van der Waals surface area contributed by atoms with Crippen LogP contribution in [0.5, 0.6) is 0 Å². The molecule has 3 nitrogen and oxygen atoms in total. The van der Waals surface area contributed by atoms with Crippen LogP contribution in [0.1, 0.15) is 20.8 Å². The summed E-state index contributed by atoms with van der Waals surface area (Å²) in [6, 6.07) is 8.07. The van der Waals surface area contributed by atoms with E-state index in [0.29, 0.717) is 5.02 Å². The summed E-state index contributed by atoms with van der Waals surface area (Å²) in [7, 11) is 0. The average Bonchev–Trinajstić information content (AvgIpc) is 2.51. The minimum absolute atomic E-state index is 0.261. The highest BCUT2D eigenvalue weighted by Gasteiger charge is 2.04. The van der Waals surface area contributed by atoms with Crippen molar-refractivity contribution in [3.05, 3.63) is 47.6 Å². The summed E-state index contributed by atoms with van der Waals surface area (Å²) >= 11 is 6.03. The number of nitrogens with one attached hydrogen (secondary N) is 1. The Labute approximate surface area is 138 Å². The summed E-state index contributed by atoms with van der Waals surface area (Å²) in [6.45, 7) is 9.68. The van der Waals surface area contributed by atoms with E-state index in [1.807, 2.05) is 30.5 Å². The summed E-state index contributed by atoms with van der Waals surface area (Å²) in [5, 5.41) is 5.33. The van der Waals surface area contributed by atoms with E-state index in [-0.39, 0.29) is 6.04 Å². The molecule has 1 N–H and O–H groups in total. The van der Waals surface area contributed by atoms with Crippen molar-refractivity contribution in [1.82, 2.24) is 9.88 Å². The van der Waals surface area contributed by atoms with E-state index >= 15 is 0 Å². The predicted molar refractivity (Wildman–Crippen MR) is 96.8 cm³/mol. The Morgan fingerprint density at radius 1 is 1.27 bits per heavy atom. The molecule has 118 valence electrons. The van der Waals surface area contributed by atoms with E-state index in [9.17, 15) is 0 Å². The zero-order chi connectivity index (χ0) is 15.9. The quantitative estimate of drug-likeness (QED) is 0.757. The minimum Gasteiger partial charge on any atom is -0.379 e. The van der Waals surface area contributed by atoms with E-state index in [1.54, 1.807) is 0 Å². The third kappa shape index (κ3) is 4.46. The van der Waals surface area contributed by atoms with Gasteiger partial charge in [0.05, 0.1) is 5.52 Å². The number of nitrogens with zero attached hydrogens (tertiary/aromatic N) is 2. The average molecular weight is 318 g/mol. The fraction of sp³-hybridized carbons (Fsp3) is 0.389. The lowest BCUT2D eigenvalue weighted by atomic mass is 10.1. The number of fused-ring (bicyclic) bond motifs is 1. The van der Waals surface area contributed by atoms with Crippen LogP contribution in [0.3, 0.4) is 0 Å². The zero-order valence-electron chi connectivity index (χ0n) is 13.5. The van der Waals surface area contributed by atoms with Gasteiger partial charge in [0.2, 0.25) is 0 Å². The molecule has 1 heterocycles. The van der Waals surface area contributed by atoms with Gasteiger partial charge in [0.15, 0.2) is 0 Å². The van der Waals surface area contributed by atoms with Crippen molar-refractivity contribution in [2.75, 3.05) is 25.0 Å². The Bertz CT molecular complexity index is 635. The van der Waals surface area contributed by atoms with Gasteiger partial charge in [-0.05, 0) is 44.3 Å². The molecule has 4 heteroatoms. The van der Waals surface area contributed by atoms with Crippen molar-refractivity contribution in [3.8, 4) is 0 Å². The Morgan fingerprint density at radius 2 is 2.05 bits per heavy atom. The highest BCUT2D eigenvalue weighted by Crippen LogP contribution is 2.24. The Kier molecular flexibility index (Phi) is 6.22. The number of anilines is 1. The molecule has 0 aliphatic rings. The van der Waals surface area contributed by atoms with Crippen molar-refractivity contribution < 1.29 is 0 Å². The number of pyridine rings is 1. The van der Waals surface area contributed by atoms with Gasteiger partial charge in [-0.2, -0.15) is 0 Å². The van der Waals surface area contributed by atoms with Gasteiger partial charge in [-0.25, -0.2) is 0 Å². The Morgan fingerprint density at radius 3 is 2.77 bits per heavy atom. The largest absolute Gasteiger partial charge is 0.379 e. The van der Waals surface area contributed by atoms with Crippen molar-refractivity contribution in [1.29, 1.82) is 0 Å². The van der Waals surface area contributed by atoms with Crippen LogP contribution in [0.4, 0.5) is 5.69 Å². The Balaban J connectivity index is 2.05. The topological polar surface area (TPSA) is 28.2 Å². The van der Waals surface area contributed by atoms with Gasteiger partial charge in [-0.1, -0.05) is 37.6 Å². The maximum Gasteiger partial charge on any atom is 0.0737 e. The molecule has 2 aromatic rings.